The number of hydrogen-bond donors (Lipinski definition) is 1. The number of nitrogens with one attached hydrogen (secondary N) is 1. The highest BCUT2D eigenvalue weighted by Crippen LogP contribution is 2.21. The minimum atomic E-state index is 0.0509. The molecule has 0 saturated carbocycles. The molecule has 2 aromatic rings. The number of carbonyl (C=O) groups excluding carboxylic acids is 1. The number of likely N-dealkylation sites (N-methyl/N-ethyl adjacent to an activating group) is 1. The minimum absolute atomic E-state index is 0.0509. The van der Waals surface area contributed by atoms with Crippen LogP contribution in [0.4, 0.5) is 5.69 Å². The zero-order chi connectivity index (χ0) is 17.8. The van der Waals surface area contributed by atoms with E-state index in [0.29, 0.717) is 6.54 Å². The number of aromatic nitrogens is 2. The van der Waals surface area contributed by atoms with E-state index in [-0.39, 0.29) is 5.91 Å². The number of fused-ring (bicyclic) bond motifs is 1. The van der Waals surface area contributed by atoms with Crippen LogP contribution in [-0.2, 0) is 17.8 Å². The molecular weight excluding hydrogens is 314 g/mol. The first-order valence-electron chi connectivity index (χ1n) is 9.38. The number of amides is 1. The van der Waals surface area contributed by atoms with Crippen LogP contribution in [0.15, 0.2) is 18.2 Å². The summed E-state index contributed by atoms with van der Waals surface area (Å²) < 4.78 is 2.23. The molecule has 0 spiro atoms. The van der Waals surface area contributed by atoms with Gasteiger partial charge in [-0.1, -0.05) is 13.8 Å². The molecule has 0 atom stereocenters. The van der Waals surface area contributed by atoms with Gasteiger partial charge in [0.1, 0.15) is 5.82 Å². The van der Waals surface area contributed by atoms with Gasteiger partial charge in [0.15, 0.2) is 0 Å². The molecule has 1 aliphatic rings. The highest BCUT2D eigenvalue weighted by atomic mass is 16.2. The molecule has 2 heterocycles. The molecule has 1 aromatic heterocycles. The molecular formula is C19H29N5O. The summed E-state index contributed by atoms with van der Waals surface area (Å²) in [6.45, 7) is 12.9. The summed E-state index contributed by atoms with van der Waals surface area (Å²) in [4.78, 5) is 21.7. The zero-order valence-electron chi connectivity index (χ0n) is 15.6. The van der Waals surface area contributed by atoms with Crippen molar-refractivity contribution in [2.24, 2.45) is 0 Å². The van der Waals surface area contributed by atoms with E-state index in [1.54, 1.807) is 0 Å². The average molecular weight is 343 g/mol. The Kier molecular flexibility index (Phi) is 5.71. The Bertz CT molecular complexity index is 731. The summed E-state index contributed by atoms with van der Waals surface area (Å²) in [7, 11) is 0. The van der Waals surface area contributed by atoms with Gasteiger partial charge in [0, 0.05) is 44.8 Å². The van der Waals surface area contributed by atoms with E-state index in [4.69, 9.17) is 4.98 Å². The molecule has 6 heteroatoms. The van der Waals surface area contributed by atoms with Gasteiger partial charge in [-0.15, -0.1) is 0 Å². The Hall–Kier alpha value is -1.92. The maximum Gasteiger partial charge on any atom is 0.238 e. The van der Waals surface area contributed by atoms with Crippen molar-refractivity contribution >= 4 is 22.6 Å². The molecule has 25 heavy (non-hydrogen) atoms. The van der Waals surface area contributed by atoms with Crippen LogP contribution in [0.1, 0.15) is 26.6 Å². The summed E-state index contributed by atoms with van der Waals surface area (Å²) in [6, 6.07) is 6.01. The Balaban J connectivity index is 1.63. The van der Waals surface area contributed by atoms with Crippen molar-refractivity contribution in [3.8, 4) is 0 Å². The predicted octanol–water partition coefficient (Wildman–Crippen LogP) is 2.19. The number of piperazine rings is 1. The van der Waals surface area contributed by atoms with Crippen LogP contribution in [0, 0.1) is 0 Å². The highest BCUT2D eigenvalue weighted by molar-refractivity contribution is 5.94. The summed E-state index contributed by atoms with van der Waals surface area (Å²) in [5, 5.41) is 3.03. The van der Waals surface area contributed by atoms with Crippen molar-refractivity contribution in [1.29, 1.82) is 0 Å². The van der Waals surface area contributed by atoms with Gasteiger partial charge < -0.3 is 14.8 Å². The molecule has 1 aromatic carbocycles. The molecule has 136 valence electrons. The topological polar surface area (TPSA) is 53.4 Å². The molecule has 0 bridgehead atoms. The quantitative estimate of drug-likeness (QED) is 0.874. The second kappa shape index (κ2) is 7.97. The van der Waals surface area contributed by atoms with Crippen molar-refractivity contribution in [3.63, 3.8) is 0 Å². The Morgan fingerprint density at radius 3 is 2.44 bits per heavy atom. The van der Waals surface area contributed by atoms with Gasteiger partial charge in [-0.2, -0.15) is 0 Å². The van der Waals surface area contributed by atoms with Crippen LogP contribution >= 0.6 is 0 Å². The maximum atomic E-state index is 12.4. The predicted molar refractivity (Wildman–Crippen MR) is 102 cm³/mol. The van der Waals surface area contributed by atoms with Crippen LogP contribution < -0.4 is 5.32 Å². The second-order valence-corrected chi connectivity index (χ2v) is 6.59. The average Bonchev–Trinajstić information content (AvgIpc) is 2.99. The maximum absolute atomic E-state index is 12.4. The molecule has 1 amide bonds. The number of hydrogen-bond acceptors (Lipinski definition) is 4. The van der Waals surface area contributed by atoms with Crippen molar-refractivity contribution in [2.75, 3.05) is 44.6 Å². The van der Waals surface area contributed by atoms with E-state index >= 15 is 0 Å². The molecule has 1 saturated heterocycles. The van der Waals surface area contributed by atoms with Crippen molar-refractivity contribution in [1.82, 2.24) is 19.4 Å². The van der Waals surface area contributed by atoms with Gasteiger partial charge in [-0.3, -0.25) is 9.69 Å². The number of anilines is 1. The molecule has 0 radical (unpaired) electrons. The number of benzene rings is 1. The van der Waals surface area contributed by atoms with E-state index in [9.17, 15) is 4.79 Å². The lowest BCUT2D eigenvalue weighted by Crippen LogP contribution is -2.48. The number of aryl methyl sites for hydroxylation is 2. The fraction of sp³-hybridized carbons (Fsp3) is 0.579. The monoisotopic (exact) mass is 343 g/mol. The van der Waals surface area contributed by atoms with E-state index in [1.165, 1.54) is 0 Å². The number of rotatable bonds is 6. The van der Waals surface area contributed by atoms with Gasteiger partial charge in [-0.05, 0) is 31.7 Å². The standard InChI is InChI=1S/C19H29N5O/c1-4-18-21-16-13-15(7-8-17(16)24(18)6-3)20-19(25)14-23-11-9-22(5-2)10-12-23/h7-8,13H,4-6,9-12,14H2,1-3H3,(H,20,25). The summed E-state index contributed by atoms with van der Waals surface area (Å²) in [6.07, 6.45) is 0.911. The fourth-order valence-electron chi connectivity index (χ4n) is 3.55. The van der Waals surface area contributed by atoms with Crippen LogP contribution in [0.3, 0.4) is 0 Å². The fourth-order valence-corrected chi connectivity index (χ4v) is 3.55. The first-order valence-corrected chi connectivity index (χ1v) is 9.38. The van der Waals surface area contributed by atoms with E-state index in [1.807, 2.05) is 12.1 Å². The Morgan fingerprint density at radius 2 is 1.80 bits per heavy atom. The number of imidazole rings is 1. The van der Waals surface area contributed by atoms with Crippen molar-refractivity contribution < 1.29 is 4.79 Å². The lowest BCUT2D eigenvalue weighted by atomic mass is 10.2. The Morgan fingerprint density at radius 1 is 1.08 bits per heavy atom. The second-order valence-electron chi connectivity index (χ2n) is 6.59. The third kappa shape index (κ3) is 4.02. The molecule has 3 rings (SSSR count). The van der Waals surface area contributed by atoms with Gasteiger partial charge >= 0.3 is 0 Å². The number of carbonyl (C=O) groups is 1. The van der Waals surface area contributed by atoms with Crippen LogP contribution in [0.2, 0.25) is 0 Å². The summed E-state index contributed by atoms with van der Waals surface area (Å²) >= 11 is 0. The van der Waals surface area contributed by atoms with Gasteiger partial charge in [0.25, 0.3) is 0 Å². The molecule has 0 unspecified atom stereocenters. The lowest BCUT2D eigenvalue weighted by Gasteiger charge is -2.33. The molecule has 0 aliphatic carbocycles. The van der Waals surface area contributed by atoms with Gasteiger partial charge in [-0.25, -0.2) is 4.98 Å². The van der Waals surface area contributed by atoms with Crippen molar-refractivity contribution in [2.45, 2.75) is 33.7 Å². The number of nitrogens with zero attached hydrogens (tertiary/aromatic N) is 4. The molecule has 6 nitrogen and oxygen atoms in total. The van der Waals surface area contributed by atoms with E-state index in [2.05, 4.69) is 46.5 Å². The first kappa shape index (κ1) is 17.9. The smallest absolute Gasteiger partial charge is 0.238 e. The SMILES string of the molecule is CCc1nc2cc(NC(=O)CN3CCN(CC)CC3)ccc2n1CC. The lowest BCUT2D eigenvalue weighted by molar-refractivity contribution is -0.117. The summed E-state index contributed by atoms with van der Waals surface area (Å²) in [5.74, 6) is 1.14. The van der Waals surface area contributed by atoms with Gasteiger partial charge in [0.05, 0.1) is 17.6 Å². The van der Waals surface area contributed by atoms with E-state index in [0.717, 1.165) is 68.2 Å². The highest BCUT2D eigenvalue weighted by Gasteiger charge is 2.18. The first-order chi connectivity index (χ1) is 12.1. The van der Waals surface area contributed by atoms with Crippen molar-refractivity contribution in [3.05, 3.63) is 24.0 Å². The zero-order valence-corrected chi connectivity index (χ0v) is 15.6. The normalized spacial score (nSPS) is 16.4. The van der Waals surface area contributed by atoms with Crippen LogP contribution in [-0.4, -0.2) is 64.5 Å². The Labute approximate surface area is 149 Å². The van der Waals surface area contributed by atoms with E-state index < -0.39 is 0 Å². The molecule has 1 N–H and O–H groups in total. The van der Waals surface area contributed by atoms with Gasteiger partial charge in [0.2, 0.25) is 5.91 Å². The largest absolute Gasteiger partial charge is 0.328 e. The molecule has 1 fully saturated rings. The minimum Gasteiger partial charge on any atom is -0.328 e. The third-order valence-electron chi connectivity index (χ3n) is 5.02. The molecule has 1 aliphatic heterocycles. The van der Waals surface area contributed by atoms with Crippen LogP contribution in [0.5, 0.6) is 0 Å². The van der Waals surface area contributed by atoms with Crippen LogP contribution in [0.25, 0.3) is 11.0 Å². The third-order valence-corrected chi connectivity index (χ3v) is 5.02. The summed E-state index contributed by atoms with van der Waals surface area (Å²) in [5.41, 5.74) is 2.91.